The molecule has 0 radical (unpaired) electrons. The van der Waals surface area contributed by atoms with Crippen molar-refractivity contribution in [2.24, 2.45) is 0 Å². The molecule has 1 aliphatic rings. The van der Waals surface area contributed by atoms with Gasteiger partial charge in [-0.3, -0.25) is 0 Å². The van der Waals surface area contributed by atoms with Crippen molar-refractivity contribution in [3.8, 4) is 11.5 Å². The number of hydrogen-bond donors (Lipinski definition) is 1. The second-order valence-corrected chi connectivity index (χ2v) is 7.73. The fraction of sp³-hybridized carbons (Fsp3) is 0.429. The van der Waals surface area contributed by atoms with Gasteiger partial charge in [-0.1, -0.05) is 35.3 Å². The van der Waals surface area contributed by atoms with Crippen molar-refractivity contribution in [2.45, 2.75) is 32.0 Å². The number of likely N-dealkylation sites (tertiary alicyclic amines) is 1. The van der Waals surface area contributed by atoms with Crippen molar-refractivity contribution >= 4 is 23.2 Å². The number of hydrogen-bond acceptors (Lipinski definition) is 3. The maximum absolute atomic E-state index is 13.3. The van der Waals surface area contributed by atoms with E-state index >= 15 is 0 Å². The Morgan fingerprint density at radius 2 is 1.89 bits per heavy atom. The van der Waals surface area contributed by atoms with Crippen LogP contribution in [0.1, 0.15) is 24.0 Å². The smallest absolute Gasteiger partial charge is 0.131 e. The van der Waals surface area contributed by atoms with Crippen LogP contribution >= 0.6 is 23.2 Å². The lowest BCUT2D eigenvalue weighted by molar-refractivity contribution is 0.152. The topological polar surface area (TPSA) is 24.5 Å². The van der Waals surface area contributed by atoms with Crippen molar-refractivity contribution in [1.82, 2.24) is 10.2 Å². The summed E-state index contributed by atoms with van der Waals surface area (Å²) < 4.78 is 19.3. The van der Waals surface area contributed by atoms with Gasteiger partial charge >= 0.3 is 0 Å². The summed E-state index contributed by atoms with van der Waals surface area (Å²) in [6, 6.07) is 11.5. The largest absolute Gasteiger partial charge is 0.457 e. The normalized spacial score (nSPS) is 15.9. The third kappa shape index (κ3) is 5.82. The maximum atomic E-state index is 13.3. The molecule has 3 nitrogen and oxygen atoms in total. The fourth-order valence-corrected chi connectivity index (χ4v) is 3.58. The van der Waals surface area contributed by atoms with E-state index in [4.69, 9.17) is 27.9 Å². The second kappa shape index (κ2) is 9.74. The van der Waals surface area contributed by atoms with E-state index < -0.39 is 6.17 Å². The molecular formula is C21H25Cl2FN2O. The number of rotatable bonds is 7. The zero-order valence-corrected chi connectivity index (χ0v) is 17.0. The van der Waals surface area contributed by atoms with E-state index in [2.05, 4.69) is 22.3 Å². The van der Waals surface area contributed by atoms with E-state index in [0.29, 0.717) is 35.2 Å². The highest BCUT2D eigenvalue weighted by Crippen LogP contribution is 2.31. The lowest BCUT2D eigenvalue weighted by Crippen LogP contribution is -2.35. The van der Waals surface area contributed by atoms with Crippen LogP contribution in [0.5, 0.6) is 11.5 Å². The minimum atomic E-state index is -0.624. The summed E-state index contributed by atoms with van der Waals surface area (Å²) in [7, 11) is 1.91. The lowest BCUT2D eigenvalue weighted by Gasteiger charge is -2.28. The Hall–Kier alpha value is -1.33. The Kier molecular flexibility index (Phi) is 7.36. The molecule has 1 aliphatic heterocycles. The van der Waals surface area contributed by atoms with Crippen LogP contribution in [0.4, 0.5) is 4.39 Å². The molecule has 0 saturated carbocycles. The van der Waals surface area contributed by atoms with Gasteiger partial charge in [0.1, 0.15) is 17.7 Å². The monoisotopic (exact) mass is 410 g/mol. The van der Waals surface area contributed by atoms with Crippen LogP contribution < -0.4 is 10.1 Å². The Bertz CT molecular complexity index is 764. The first-order valence-electron chi connectivity index (χ1n) is 9.31. The van der Waals surface area contributed by atoms with Crippen LogP contribution in [0.2, 0.25) is 10.0 Å². The first kappa shape index (κ1) is 20.4. The summed E-state index contributed by atoms with van der Waals surface area (Å²) in [5.41, 5.74) is 2.34. The number of piperidine rings is 1. The van der Waals surface area contributed by atoms with Crippen molar-refractivity contribution < 1.29 is 9.13 Å². The zero-order chi connectivity index (χ0) is 19.2. The molecule has 1 saturated heterocycles. The minimum Gasteiger partial charge on any atom is -0.457 e. The molecule has 0 atom stereocenters. The van der Waals surface area contributed by atoms with Crippen LogP contribution in [0.15, 0.2) is 36.4 Å². The molecule has 1 fully saturated rings. The standard InChI is InChI=1S/C21H25Cl2FN2O/c1-25-14-16-12-15(6-9-26-10-7-17(24)8-11-26)2-5-21(16)27-18-3-4-19(22)20(23)13-18/h2-5,12-13,17,25H,6-11,14H2,1H3. The van der Waals surface area contributed by atoms with Crippen molar-refractivity contribution in [1.29, 1.82) is 0 Å². The first-order chi connectivity index (χ1) is 13.0. The molecule has 6 heteroatoms. The molecule has 1 N–H and O–H groups in total. The van der Waals surface area contributed by atoms with E-state index in [1.54, 1.807) is 18.2 Å². The first-order valence-corrected chi connectivity index (χ1v) is 10.1. The molecule has 146 valence electrons. The number of nitrogens with one attached hydrogen (secondary N) is 1. The lowest BCUT2D eigenvalue weighted by atomic mass is 10.0. The predicted molar refractivity (Wildman–Crippen MR) is 110 cm³/mol. The maximum Gasteiger partial charge on any atom is 0.131 e. The zero-order valence-electron chi connectivity index (χ0n) is 15.5. The van der Waals surface area contributed by atoms with Crippen molar-refractivity contribution in [3.63, 3.8) is 0 Å². The van der Waals surface area contributed by atoms with Gasteiger partial charge in [0.05, 0.1) is 10.0 Å². The van der Waals surface area contributed by atoms with Gasteiger partial charge in [-0.15, -0.1) is 0 Å². The van der Waals surface area contributed by atoms with Gasteiger partial charge in [0.15, 0.2) is 0 Å². The molecule has 0 aromatic heterocycles. The summed E-state index contributed by atoms with van der Waals surface area (Å²) in [6.45, 7) is 3.36. The molecule has 3 rings (SSSR count). The molecular weight excluding hydrogens is 386 g/mol. The second-order valence-electron chi connectivity index (χ2n) is 6.92. The Morgan fingerprint density at radius 1 is 1.11 bits per heavy atom. The van der Waals surface area contributed by atoms with Crippen LogP contribution in [0, 0.1) is 0 Å². The van der Waals surface area contributed by atoms with Crippen molar-refractivity contribution in [3.05, 3.63) is 57.6 Å². The molecule has 0 unspecified atom stereocenters. The summed E-state index contributed by atoms with van der Waals surface area (Å²) in [5.74, 6) is 1.45. The Labute approximate surface area is 170 Å². The average molecular weight is 411 g/mol. The Balaban J connectivity index is 1.67. The van der Waals surface area contributed by atoms with Crippen LogP contribution in [-0.4, -0.2) is 37.8 Å². The SMILES string of the molecule is CNCc1cc(CCN2CCC(F)CC2)ccc1Oc1ccc(Cl)c(Cl)c1. The van der Waals surface area contributed by atoms with Gasteiger partial charge in [-0.2, -0.15) is 0 Å². The number of ether oxygens (including phenoxy) is 1. The number of benzene rings is 2. The summed E-state index contributed by atoms with van der Waals surface area (Å²) >= 11 is 12.0. The van der Waals surface area contributed by atoms with Gasteiger partial charge in [0, 0.05) is 37.8 Å². The highest BCUT2D eigenvalue weighted by atomic mass is 35.5. The molecule has 0 bridgehead atoms. The Morgan fingerprint density at radius 3 is 2.59 bits per heavy atom. The number of nitrogens with zero attached hydrogens (tertiary/aromatic N) is 1. The molecule has 27 heavy (non-hydrogen) atoms. The minimum absolute atomic E-state index is 0.470. The molecule has 0 amide bonds. The van der Waals surface area contributed by atoms with Gasteiger partial charge in [0.25, 0.3) is 0 Å². The highest BCUT2D eigenvalue weighted by molar-refractivity contribution is 6.42. The number of halogens is 3. The van der Waals surface area contributed by atoms with Crippen LogP contribution in [0.3, 0.4) is 0 Å². The van der Waals surface area contributed by atoms with E-state index in [1.807, 2.05) is 13.1 Å². The van der Waals surface area contributed by atoms with Gasteiger partial charge < -0.3 is 15.0 Å². The van der Waals surface area contributed by atoms with E-state index in [1.165, 1.54) is 5.56 Å². The van der Waals surface area contributed by atoms with E-state index in [9.17, 15) is 4.39 Å². The summed E-state index contributed by atoms with van der Waals surface area (Å²) in [6.07, 6.45) is 1.63. The molecule has 2 aromatic carbocycles. The third-order valence-electron chi connectivity index (χ3n) is 4.84. The predicted octanol–water partition coefficient (Wildman–Crippen LogP) is 5.48. The molecule has 1 heterocycles. The number of alkyl halides is 1. The van der Waals surface area contributed by atoms with Gasteiger partial charge in [-0.05, 0) is 50.1 Å². The fourth-order valence-electron chi connectivity index (χ4n) is 3.30. The highest BCUT2D eigenvalue weighted by Gasteiger charge is 2.18. The van der Waals surface area contributed by atoms with Crippen LogP contribution in [-0.2, 0) is 13.0 Å². The third-order valence-corrected chi connectivity index (χ3v) is 5.58. The van der Waals surface area contributed by atoms with Gasteiger partial charge in [-0.25, -0.2) is 4.39 Å². The van der Waals surface area contributed by atoms with Gasteiger partial charge in [0.2, 0.25) is 0 Å². The van der Waals surface area contributed by atoms with E-state index in [0.717, 1.165) is 37.4 Å². The van der Waals surface area contributed by atoms with Crippen molar-refractivity contribution in [2.75, 3.05) is 26.7 Å². The summed E-state index contributed by atoms with van der Waals surface area (Å²) in [5, 5.41) is 4.17. The molecule has 0 spiro atoms. The molecule has 2 aromatic rings. The van der Waals surface area contributed by atoms with Crippen LogP contribution in [0.25, 0.3) is 0 Å². The molecule has 0 aliphatic carbocycles. The quantitative estimate of drug-likeness (QED) is 0.653. The average Bonchev–Trinajstić information content (AvgIpc) is 2.66. The summed E-state index contributed by atoms with van der Waals surface area (Å²) in [4.78, 5) is 2.34. The van der Waals surface area contributed by atoms with E-state index in [-0.39, 0.29) is 0 Å².